The summed E-state index contributed by atoms with van der Waals surface area (Å²) in [4.78, 5) is 29.9. The van der Waals surface area contributed by atoms with Crippen molar-refractivity contribution in [3.05, 3.63) is 90.4 Å². The third-order valence-electron chi connectivity index (χ3n) is 5.30. The summed E-state index contributed by atoms with van der Waals surface area (Å²) in [5, 5.41) is 10.1. The molecular weight excluding hydrogens is 458 g/mol. The molecule has 2 N–H and O–H groups in total. The van der Waals surface area contributed by atoms with E-state index in [4.69, 9.17) is 9.47 Å². The fraction of sp³-hybridized carbons (Fsp3) is 0.185. The summed E-state index contributed by atoms with van der Waals surface area (Å²) < 4.78 is 12.5. The van der Waals surface area contributed by atoms with Gasteiger partial charge in [-0.3, -0.25) is 9.59 Å². The van der Waals surface area contributed by atoms with Gasteiger partial charge in [0, 0.05) is 17.6 Å². The fourth-order valence-electron chi connectivity index (χ4n) is 3.70. The number of hydrogen-bond donors (Lipinski definition) is 2. The SMILES string of the molecule is COc1ccccc1OCC(=O)Nc1cccc(NC(=O)c2cnn(-c3ccccn3)c2C(C)C)c1. The number of carbonyl (C=O) groups excluding carboxylic acids is 2. The predicted octanol–water partition coefficient (Wildman–Crippen LogP) is 4.67. The number of amides is 2. The van der Waals surface area contributed by atoms with E-state index in [0.717, 1.165) is 5.69 Å². The number of pyridine rings is 1. The van der Waals surface area contributed by atoms with Crippen LogP contribution in [0.3, 0.4) is 0 Å². The van der Waals surface area contributed by atoms with Crippen LogP contribution in [0.1, 0.15) is 35.8 Å². The maximum atomic E-state index is 13.1. The van der Waals surface area contributed by atoms with E-state index in [0.29, 0.717) is 34.3 Å². The van der Waals surface area contributed by atoms with Gasteiger partial charge in [-0.15, -0.1) is 0 Å². The van der Waals surface area contributed by atoms with Gasteiger partial charge in [-0.05, 0) is 48.4 Å². The minimum absolute atomic E-state index is 0.0316. The van der Waals surface area contributed by atoms with E-state index in [1.165, 1.54) is 7.11 Å². The molecule has 0 saturated heterocycles. The van der Waals surface area contributed by atoms with Gasteiger partial charge in [0.05, 0.1) is 24.6 Å². The molecule has 0 aliphatic heterocycles. The lowest BCUT2D eigenvalue weighted by Crippen LogP contribution is -2.20. The number of carbonyl (C=O) groups is 2. The molecule has 0 aliphatic carbocycles. The van der Waals surface area contributed by atoms with E-state index in [1.54, 1.807) is 59.5 Å². The molecule has 36 heavy (non-hydrogen) atoms. The second kappa shape index (κ2) is 11.2. The summed E-state index contributed by atoms with van der Waals surface area (Å²) in [7, 11) is 1.54. The Morgan fingerprint density at radius 1 is 0.944 bits per heavy atom. The van der Waals surface area contributed by atoms with Gasteiger partial charge in [0.1, 0.15) is 0 Å². The number of nitrogens with one attached hydrogen (secondary N) is 2. The highest BCUT2D eigenvalue weighted by Crippen LogP contribution is 2.26. The van der Waals surface area contributed by atoms with E-state index in [9.17, 15) is 9.59 Å². The Kier molecular flexibility index (Phi) is 7.60. The number of ether oxygens (including phenoxy) is 2. The van der Waals surface area contributed by atoms with Crippen molar-refractivity contribution < 1.29 is 19.1 Å². The number of methoxy groups -OCH3 is 1. The number of aromatic nitrogens is 3. The highest BCUT2D eigenvalue weighted by molar-refractivity contribution is 6.05. The molecule has 9 heteroatoms. The van der Waals surface area contributed by atoms with Crippen LogP contribution >= 0.6 is 0 Å². The molecule has 4 aromatic rings. The Bertz CT molecular complexity index is 1350. The maximum Gasteiger partial charge on any atom is 0.262 e. The number of hydrogen-bond acceptors (Lipinski definition) is 6. The zero-order valence-corrected chi connectivity index (χ0v) is 20.3. The van der Waals surface area contributed by atoms with Gasteiger partial charge in [0.25, 0.3) is 11.8 Å². The molecule has 0 bridgehead atoms. The highest BCUT2D eigenvalue weighted by Gasteiger charge is 2.21. The summed E-state index contributed by atoms with van der Waals surface area (Å²) in [5.41, 5.74) is 2.26. The average molecular weight is 486 g/mol. The zero-order chi connectivity index (χ0) is 25.5. The third-order valence-corrected chi connectivity index (χ3v) is 5.30. The first-order chi connectivity index (χ1) is 17.5. The fourth-order valence-corrected chi connectivity index (χ4v) is 3.70. The Morgan fingerprint density at radius 3 is 2.36 bits per heavy atom. The first-order valence-electron chi connectivity index (χ1n) is 11.4. The van der Waals surface area contributed by atoms with Crippen molar-refractivity contribution in [3.8, 4) is 17.3 Å². The second-order valence-corrected chi connectivity index (χ2v) is 8.22. The molecule has 0 unspecified atom stereocenters. The van der Waals surface area contributed by atoms with Crippen molar-refractivity contribution in [2.75, 3.05) is 24.4 Å². The van der Waals surface area contributed by atoms with Crippen LogP contribution in [0.25, 0.3) is 5.82 Å². The predicted molar refractivity (Wildman–Crippen MR) is 137 cm³/mol. The molecule has 0 spiro atoms. The van der Waals surface area contributed by atoms with Crippen molar-refractivity contribution in [1.82, 2.24) is 14.8 Å². The average Bonchev–Trinajstić information content (AvgIpc) is 3.34. The molecule has 0 atom stereocenters. The molecule has 2 aromatic heterocycles. The van der Waals surface area contributed by atoms with Gasteiger partial charge in [0.2, 0.25) is 0 Å². The summed E-state index contributed by atoms with van der Waals surface area (Å²) in [6.07, 6.45) is 3.22. The lowest BCUT2D eigenvalue weighted by atomic mass is 10.1. The molecule has 0 fully saturated rings. The van der Waals surface area contributed by atoms with Crippen LogP contribution in [0, 0.1) is 0 Å². The summed E-state index contributed by atoms with van der Waals surface area (Å²) in [6, 6.07) is 19.5. The van der Waals surface area contributed by atoms with Crippen molar-refractivity contribution in [1.29, 1.82) is 0 Å². The quantitative estimate of drug-likeness (QED) is 0.357. The van der Waals surface area contributed by atoms with Crippen molar-refractivity contribution >= 4 is 23.2 Å². The van der Waals surface area contributed by atoms with Crippen molar-refractivity contribution in [2.45, 2.75) is 19.8 Å². The van der Waals surface area contributed by atoms with Gasteiger partial charge >= 0.3 is 0 Å². The molecule has 4 rings (SSSR count). The lowest BCUT2D eigenvalue weighted by molar-refractivity contribution is -0.118. The van der Waals surface area contributed by atoms with Crippen LogP contribution in [0.15, 0.2) is 79.1 Å². The van der Waals surface area contributed by atoms with E-state index < -0.39 is 0 Å². The van der Waals surface area contributed by atoms with Gasteiger partial charge in [-0.2, -0.15) is 5.10 Å². The summed E-state index contributed by atoms with van der Waals surface area (Å²) in [6.45, 7) is 3.80. The molecule has 9 nitrogen and oxygen atoms in total. The lowest BCUT2D eigenvalue weighted by Gasteiger charge is -2.13. The zero-order valence-electron chi connectivity index (χ0n) is 20.3. The molecule has 2 heterocycles. The number of anilines is 2. The van der Waals surface area contributed by atoms with Gasteiger partial charge in [0.15, 0.2) is 23.9 Å². The minimum Gasteiger partial charge on any atom is -0.493 e. The molecule has 0 aliphatic rings. The molecule has 184 valence electrons. The highest BCUT2D eigenvalue weighted by atomic mass is 16.5. The van der Waals surface area contributed by atoms with Crippen LogP contribution in [0.4, 0.5) is 11.4 Å². The Balaban J connectivity index is 1.43. The van der Waals surface area contributed by atoms with Gasteiger partial charge in [-0.25, -0.2) is 9.67 Å². The Labute approximate surface area is 209 Å². The first-order valence-corrected chi connectivity index (χ1v) is 11.4. The minimum atomic E-state index is -0.344. The maximum absolute atomic E-state index is 13.1. The topological polar surface area (TPSA) is 107 Å². The number of para-hydroxylation sites is 2. The monoisotopic (exact) mass is 485 g/mol. The van der Waals surface area contributed by atoms with E-state index in [-0.39, 0.29) is 24.3 Å². The summed E-state index contributed by atoms with van der Waals surface area (Å²) >= 11 is 0. The van der Waals surface area contributed by atoms with Crippen LogP contribution in [-0.2, 0) is 4.79 Å². The molecule has 0 saturated carbocycles. The Morgan fingerprint density at radius 2 is 1.67 bits per heavy atom. The normalized spacial score (nSPS) is 10.7. The number of benzene rings is 2. The summed E-state index contributed by atoms with van der Waals surface area (Å²) in [5.74, 6) is 1.04. The van der Waals surface area contributed by atoms with E-state index >= 15 is 0 Å². The Hall–Kier alpha value is -4.66. The largest absolute Gasteiger partial charge is 0.493 e. The number of nitrogens with zero attached hydrogens (tertiary/aromatic N) is 3. The molecule has 0 radical (unpaired) electrons. The smallest absolute Gasteiger partial charge is 0.262 e. The second-order valence-electron chi connectivity index (χ2n) is 8.22. The number of rotatable bonds is 9. The van der Waals surface area contributed by atoms with Crippen LogP contribution < -0.4 is 20.1 Å². The van der Waals surface area contributed by atoms with Crippen LogP contribution in [0.5, 0.6) is 11.5 Å². The van der Waals surface area contributed by atoms with Crippen LogP contribution in [-0.4, -0.2) is 40.3 Å². The van der Waals surface area contributed by atoms with Gasteiger partial charge in [-0.1, -0.05) is 38.1 Å². The third kappa shape index (κ3) is 5.69. The van der Waals surface area contributed by atoms with E-state index in [2.05, 4.69) is 20.7 Å². The standard InChI is InChI=1S/C27H27N5O4/c1-18(2)26-21(16-29-32(26)24-13-6-7-14-28-24)27(34)31-20-10-8-9-19(15-20)30-25(33)17-36-23-12-5-4-11-22(23)35-3/h4-16,18H,17H2,1-3H3,(H,30,33)(H,31,34). The molecular formula is C27H27N5O4. The van der Waals surface area contributed by atoms with Gasteiger partial charge < -0.3 is 20.1 Å². The van der Waals surface area contributed by atoms with Crippen LogP contribution in [0.2, 0.25) is 0 Å². The first kappa shape index (κ1) is 24.5. The van der Waals surface area contributed by atoms with E-state index in [1.807, 2.05) is 38.1 Å². The molecule has 2 aromatic carbocycles. The molecule has 2 amide bonds. The van der Waals surface area contributed by atoms with Crippen molar-refractivity contribution in [3.63, 3.8) is 0 Å². The van der Waals surface area contributed by atoms with Crippen molar-refractivity contribution in [2.24, 2.45) is 0 Å².